The molecule has 0 fully saturated rings. The molecule has 92 valence electrons. The molecular weight excluding hydrogens is 218 g/mol. The molecule has 0 bridgehead atoms. The van der Waals surface area contributed by atoms with E-state index in [1.165, 1.54) is 6.92 Å². The van der Waals surface area contributed by atoms with E-state index in [0.29, 0.717) is 18.7 Å². The summed E-state index contributed by atoms with van der Waals surface area (Å²) < 4.78 is 0. The second-order valence-electron chi connectivity index (χ2n) is 3.78. The molecule has 3 N–H and O–H groups in total. The summed E-state index contributed by atoms with van der Waals surface area (Å²) in [6.45, 7) is 2.37. The molecule has 17 heavy (non-hydrogen) atoms. The van der Waals surface area contributed by atoms with Crippen LogP contribution >= 0.6 is 0 Å². The first-order chi connectivity index (χ1) is 8.11. The minimum atomic E-state index is -0.921. The molecule has 1 atom stereocenters. The number of nitrogens with one attached hydrogen (secondary N) is 1. The van der Waals surface area contributed by atoms with Crippen LogP contribution in [0, 0.1) is 0 Å². The maximum absolute atomic E-state index is 10.5. The molecule has 1 aromatic rings. The number of hydrogen-bond donors (Lipinski definition) is 3. The maximum atomic E-state index is 10.5. The molecule has 0 spiro atoms. The van der Waals surface area contributed by atoms with Crippen LogP contribution in [-0.2, 0) is 4.79 Å². The topological polar surface area (TPSA) is 69.6 Å². The van der Waals surface area contributed by atoms with Gasteiger partial charge >= 0.3 is 5.97 Å². The number of rotatable bonds is 6. The van der Waals surface area contributed by atoms with Crippen molar-refractivity contribution < 1.29 is 15.0 Å². The molecule has 4 heteroatoms. The first-order valence-corrected chi connectivity index (χ1v) is 5.45. The molecule has 1 aromatic carbocycles. The average molecular weight is 235 g/mol. The standard InChI is InChI=1S/C13H17NO3/c1-10(13(16)17)7-8-14-9-12(15)11-5-3-2-4-6-11/h2-7,12,14-15H,8-9H2,1H3,(H,16,17)/b10-7-. The number of carbonyl (C=O) groups is 1. The fourth-order valence-electron chi connectivity index (χ4n) is 1.33. The second-order valence-corrected chi connectivity index (χ2v) is 3.78. The van der Waals surface area contributed by atoms with Gasteiger partial charge in [-0.2, -0.15) is 0 Å². The molecule has 0 amide bonds. The Morgan fingerprint density at radius 3 is 2.65 bits per heavy atom. The van der Waals surface area contributed by atoms with Gasteiger partial charge in [-0.1, -0.05) is 36.4 Å². The molecule has 1 unspecified atom stereocenters. The fraction of sp³-hybridized carbons (Fsp3) is 0.308. The highest BCUT2D eigenvalue weighted by atomic mass is 16.4. The van der Waals surface area contributed by atoms with Crippen molar-refractivity contribution >= 4 is 5.97 Å². The lowest BCUT2D eigenvalue weighted by atomic mass is 10.1. The van der Waals surface area contributed by atoms with Gasteiger partial charge in [-0.05, 0) is 12.5 Å². The van der Waals surface area contributed by atoms with Gasteiger partial charge in [-0.15, -0.1) is 0 Å². The third-order valence-electron chi connectivity index (χ3n) is 2.41. The van der Waals surface area contributed by atoms with E-state index < -0.39 is 12.1 Å². The largest absolute Gasteiger partial charge is 0.478 e. The fourth-order valence-corrected chi connectivity index (χ4v) is 1.33. The van der Waals surface area contributed by atoms with Crippen LogP contribution in [-0.4, -0.2) is 29.3 Å². The van der Waals surface area contributed by atoms with Crippen LogP contribution in [0.25, 0.3) is 0 Å². The summed E-state index contributed by atoms with van der Waals surface area (Å²) in [5, 5.41) is 21.4. The first-order valence-electron chi connectivity index (χ1n) is 5.45. The van der Waals surface area contributed by atoms with E-state index in [2.05, 4.69) is 5.32 Å². The zero-order chi connectivity index (χ0) is 12.7. The molecule has 0 aliphatic rings. The Hall–Kier alpha value is -1.65. The zero-order valence-corrected chi connectivity index (χ0v) is 9.76. The van der Waals surface area contributed by atoms with Crippen LogP contribution in [0.2, 0.25) is 0 Å². The molecule has 0 aromatic heterocycles. The molecular formula is C13H17NO3. The van der Waals surface area contributed by atoms with Crippen molar-refractivity contribution in [2.75, 3.05) is 13.1 Å². The highest BCUT2D eigenvalue weighted by Gasteiger charge is 2.05. The molecule has 4 nitrogen and oxygen atoms in total. The van der Waals surface area contributed by atoms with E-state index in [0.717, 1.165) is 5.56 Å². The minimum Gasteiger partial charge on any atom is -0.478 e. The smallest absolute Gasteiger partial charge is 0.330 e. The van der Waals surface area contributed by atoms with Crippen molar-refractivity contribution in [3.8, 4) is 0 Å². The predicted molar refractivity (Wildman–Crippen MR) is 65.7 cm³/mol. The third-order valence-corrected chi connectivity index (χ3v) is 2.41. The van der Waals surface area contributed by atoms with E-state index in [1.54, 1.807) is 6.08 Å². The van der Waals surface area contributed by atoms with Crippen molar-refractivity contribution in [1.82, 2.24) is 5.32 Å². The maximum Gasteiger partial charge on any atom is 0.330 e. The average Bonchev–Trinajstić information content (AvgIpc) is 2.35. The van der Waals surface area contributed by atoms with Crippen LogP contribution in [0.1, 0.15) is 18.6 Å². The lowest BCUT2D eigenvalue weighted by molar-refractivity contribution is -0.132. The van der Waals surface area contributed by atoms with Crippen molar-refractivity contribution in [2.24, 2.45) is 0 Å². The van der Waals surface area contributed by atoms with Gasteiger partial charge in [0.2, 0.25) is 0 Å². The molecule has 0 aliphatic heterocycles. The van der Waals surface area contributed by atoms with Gasteiger partial charge in [0.25, 0.3) is 0 Å². The van der Waals surface area contributed by atoms with Crippen LogP contribution < -0.4 is 5.32 Å². The normalized spacial score (nSPS) is 13.4. The lowest BCUT2D eigenvalue weighted by Crippen LogP contribution is -2.22. The van der Waals surface area contributed by atoms with Gasteiger partial charge in [0.1, 0.15) is 0 Å². The van der Waals surface area contributed by atoms with Crippen molar-refractivity contribution in [1.29, 1.82) is 0 Å². The number of carboxylic acid groups (broad SMARTS) is 1. The number of hydrogen-bond acceptors (Lipinski definition) is 3. The molecule has 0 saturated heterocycles. The number of benzene rings is 1. The molecule has 0 saturated carbocycles. The van der Waals surface area contributed by atoms with Gasteiger partial charge in [0, 0.05) is 18.7 Å². The Balaban J connectivity index is 2.33. The van der Waals surface area contributed by atoms with Crippen molar-refractivity contribution in [2.45, 2.75) is 13.0 Å². The second kappa shape index (κ2) is 6.83. The zero-order valence-electron chi connectivity index (χ0n) is 9.76. The Bertz CT molecular complexity index is 387. The van der Waals surface area contributed by atoms with E-state index >= 15 is 0 Å². The van der Waals surface area contributed by atoms with Crippen LogP contribution in [0.15, 0.2) is 42.0 Å². The van der Waals surface area contributed by atoms with Gasteiger partial charge in [0.05, 0.1) is 6.10 Å². The summed E-state index contributed by atoms with van der Waals surface area (Å²) in [6.07, 6.45) is 1.01. The molecule has 0 heterocycles. The summed E-state index contributed by atoms with van der Waals surface area (Å²) in [5.41, 5.74) is 1.14. The predicted octanol–water partition coefficient (Wildman–Crippen LogP) is 1.34. The van der Waals surface area contributed by atoms with Gasteiger partial charge in [-0.3, -0.25) is 0 Å². The van der Waals surface area contributed by atoms with Crippen LogP contribution in [0.5, 0.6) is 0 Å². The minimum absolute atomic E-state index is 0.298. The van der Waals surface area contributed by atoms with Crippen LogP contribution in [0.4, 0.5) is 0 Å². The highest BCUT2D eigenvalue weighted by molar-refractivity contribution is 5.85. The first kappa shape index (κ1) is 13.4. The molecule has 1 rings (SSSR count). The van der Waals surface area contributed by atoms with Crippen molar-refractivity contribution in [3.63, 3.8) is 0 Å². The van der Waals surface area contributed by atoms with E-state index in [-0.39, 0.29) is 0 Å². The lowest BCUT2D eigenvalue weighted by Gasteiger charge is -2.10. The third kappa shape index (κ3) is 4.80. The summed E-state index contributed by atoms with van der Waals surface area (Å²) in [6, 6.07) is 9.33. The van der Waals surface area contributed by atoms with Crippen molar-refractivity contribution in [3.05, 3.63) is 47.5 Å². The van der Waals surface area contributed by atoms with E-state index in [9.17, 15) is 9.90 Å². The van der Waals surface area contributed by atoms with E-state index in [1.807, 2.05) is 30.3 Å². The summed E-state index contributed by atoms with van der Waals surface area (Å²) >= 11 is 0. The summed E-state index contributed by atoms with van der Waals surface area (Å²) in [5.74, 6) is -0.921. The monoisotopic (exact) mass is 235 g/mol. The Morgan fingerprint density at radius 1 is 1.41 bits per heavy atom. The summed E-state index contributed by atoms with van der Waals surface area (Å²) in [4.78, 5) is 10.5. The van der Waals surface area contributed by atoms with Crippen LogP contribution in [0.3, 0.4) is 0 Å². The number of aliphatic carboxylic acids is 1. The Morgan fingerprint density at radius 2 is 2.06 bits per heavy atom. The summed E-state index contributed by atoms with van der Waals surface area (Å²) in [7, 11) is 0. The molecule has 0 aliphatic carbocycles. The number of aliphatic hydroxyl groups excluding tert-OH is 1. The Kier molecular flexibility index (Phi) is 5.39. The highest BCUT2D eigenvalue weighted by Crippen LogP contribution is 2.10. The Labute approximate surface area is 101 Å². The quantitative estimate of drug-likeness (QED) is 0.514. The SMILES string of the molecule is C/C(=C/CNCC(O)c1ccccc1)C(=O)O. The van der Waals surface area contributed by atoms with Gasteiger partial charge in [0.15, 0.2) is 0 Å². The molecule has 0 radical (unpaired) electrons. The number of aliphatic hydroxyl groups is 1. The number of carboxylic acids is 1. The van der Waals surface area contributed by atoms with Gasteiger partial charge in [-0.25, -0.2) is 4.79 Å². The van der Waals surface area contributed by atoms with E-state index in [4.69, 9.17) is 5.11 Å². The van der Waals surface area contributed by atoms with Gasteiger partial charge < -0.3 is 15.5 Å².